The largest absolute Gasteiger partial charge is 0.478 e. The molecule has 0 amide bonds. The summed E-state index contributed by atoms with van der Waals surface area (Å²) in [4.78, 5) is 13.5. The zero-order chi connectivity index (χ0) is 13.8. The van der Waals surface area contributed by atoms with Gasteiger partial charge >= 0.3 is 5.97 Å². The fourth-order valence-electron chi connectivity index (χ4n) is 2.61. The first-order valence-electron chi connectivity index (χ1n) is 6.35. The number of nitrogens with zero attached hydrogens (tertiary/aromatic N) is 1. The van der Waals surface area contributed by atoms with Gasteiger partial charge in [-0.25, -0.2) is 4.79 Å². The van der Waals surface area contributed by atoms with Crippen molar-refractivity contribution in [2.45, 2.75) is 13.0 Å². The van der Waals surface area contributed by atoms with Crippen LogP contribution in [-0.2, 0) is 0 Å². The summed E-state index contributed by atoms with van der Waals surface area (Å²) in [6.07, 6.45) is 5.35. The van der Waals surface area contributed by atoms with Gasteiger partial charge in [0.2, 0.25) is 0 Å². The van der Waals surface area contributed by atoms with Gasteiger partial charge in [-0.15, -0.1) is 6.42 Å². The molecule has 1 unspecified atom stereocenters. The van der Waals surface area contributed by atoms with Crippen LogP contribution in [0.4, 0.5) is 0 Å². The van der Waals surface area contributed by atoms with E-state index < -0.39 is 5.97 Å². The Bertz CT molecular complexity index is 519. The van der Waals surface area contributed by atoms with Gasteiger partial charge in [-0.1, -0.05) is 18.1 Å². The molecule has 2 N–H and O–H groups in total. The molecule has 0 bridgehead atoms. The zero-order valence-corrected chi connectivity index (χ0v) is 11.0. The Kier molecular flexibility index (Phi) is 4.20. The molecule has 4 nitrogen and oxygen atoms in total. The van der Waals surface area contributed by atoms with Gasteiger partial charge < -0.3 is 10.4 Å². The summed E-state index contributed by atoms with van der Waals surface area (Å²) >= 11 is 0. The molecule has 100 valence electrons. The first-order chi connectivity index (χ1) is 9.13. The van der Waals surface area contributed by atoms with E-state index in [-0.39, 0.29) is 6.04 Å². The van der Waals surface area contributed by atoms with Gasteiger partial charge in [0.1, 0.15) is 0 Å². The molecule has 0 aliphatic carbocycles. The number of aromatic carboxylic acids is 1. The Hall–Kier alpha value is -1.83. The Labute approximate surface area is 113 Å². The highest BCUT2D eigenvalue weighted by Gasteiger charge is 2.25. The molecule has 1 aliphatic rings. The van der Waals surface area contributed by atoms with Gasteiger partial charge in [0.05, 0.1) is 12.1 Å². The molecule has 2 rings (SSSR count). The molecule has 1 aliphatic heterocycles. The molecule has 0 spiro atoms. The van der Waals surface area contributed by atoms with E-state index in [4.69, 9.17) is 6.42 Å². The highest BCUT2D eigenvalue weighted by Crippen LogP contribution is 2.25. The van der Waals surface area contributed by atoms with Gasteiger partial charge in [0, 0.05) is 25.7 Å². The van der Waals surface area contributed by atoms with Crippen molar-refractivity contribution in [2.75, 3.05) is 26.2 Å². The normalized spacial score (nSPS) is 19.9. The molecule has 1 aromatic rings. The van der Waals surface area contributed by atoms with Gasteiger partial charge in [-0.2, -0.15) is 0 Å². The third-order valence-corrected chi connectivity index (χ3v) is 3.48. The number of aryl methyl sites for hydroxylation is 1. The van der Waals surface area contributed by atoms with Crippen molar-refractivity contribution in [1.29, 1.82) is 0 Å². The zero-order valence-electron chi connectivity index (χ0n) is 11.0. The smallest absolute Gasteiger partial charge is 0.336 e. The summed E-state index contributed by atoms with van der Waals surface area (Å²) in [6, 6.07) is 5.41. The number of rotatable bonds is 3. The number of carboxylic acids is 1. The van der Waals surface area contributed by atoms with Crippen molar-refractivity contribution >= 4 is 5.97 Å². The highest BCUT2D eigenvalue weighted by atomic mass is 16.4. The summed E-state index contributed by atoms with van der Waals surface area (Å²) in [5, 5.41) is 12.7. The average Bonchev–Trinajstić information content (AvgIpc) is 2.39. The fraction of sp³-hybridized carbons (Fsp3) is 0.400. The maximum Gasteiger partial charge on any atom is 0.336 e. The summed E-state index contributed by atoms with van der Waals surface area (Å²) in [5.41, 5.74) is 2.25. The Morgan fingerprint density at radius 3 is 3.11 bits per heavy atom. The van der Waals surface area contributed by atoms with E-state index in [0.717, 1.165) is 30.8 Å². The summed E-state index contributed by atoms with van der Waals surface area (Å²) in [5.74, 6) is 1.76. The SMILES string of the molecule is C#CCN1CCNC(c2c(C)cccc2C(=O)O)C1. The van der Waals surface area contributed by atoms with Crippen LogP contribution in [0.2, 0.25) is 0 Å². The molecule has 0 radical (unpaired) electrons. The second-order valence-electron chi connectivity index (χ2n) is 4.79. The lowest BCUT2D eigenvalue weighted by molar-refractivity contribution is 0.0693. The molecule has 0 aromatic heterocycles. The van der Waals surface area contributed by atoms with Crippen molar-refractivity contribution in [2.24, 2.45) is 0 Å². The predicted octanol–water partition coefficient (Wildman–Crippen LogP) is 1.27. The lowest BCUT2D eigenvalue weighted by Gasteiger charge is -2.34. The number of carboxylic acid groups (broad SMARTS) is 1. The topological polar surface area (TPSA) is 52.6 Å². The lowest BCUT2D eigenvalue weighted by atomic mass is 9.94. The molecule has 4 heteroatoms. The number of terminal acetylenes is 1. The number of benzene rings is 1. The molecule has 1 fully saturated rings. The van der Waals surface area contributed by atoms with Crippen LogP contribution in [0.3, 0.4) is 0 Å². The van der Waals surface area contributed by atoms with Crippen LogP contribution >= 0.6 is 0 Å². The minimum absolute atomic E-state index is 0.0226. The van der Waals surface area contributed by atoms with Gasteiger partial charge in [-0.05, 0) is 24.1 Å². The van der Waals surface area contributed by atoms with Crippen LogP contribution in [0.15, 0.2) is 18.2 Å². The molecule has 19 heavy (non-hydrogen) atoms. The molecular weight excluding hydrogens is 240 g/mol. The Morgan fingerprint density at radius 1 is 1.63 bits per heavy atom. The second kappa shape index (κ2) is 5.87. The fourth-order valence-corrected chi connectivity index (χ4v) is 2.61. The minimum Gasteiger partial charge on any atom is -0.478 e. The third-order valence-electron chi connectivity index (χ3n) is 3.48. The quantitative estimate of drug-likeness (QED) is 0.802. The number of hydrogen-bond acceptors (Lipinski definition) is 3. The van der Waals surface area contributed by atoms with E-state index in [1.807, 2.05) is 13.0 Å². The first-order valence-corrected chi connectivity index (χ1v) is 6.35. The number of carbonyl (C=O) groups is 1. The number of hydrogen-bond donors (Lipinski definition) is 2. The van der Waals surface area contributed by atoms with E-state index in [2.05, 4.69) is 16.1 Å². The van der Waals surface area contributed by atoms with Crippen LogP contribution in [0.25, 0.3) is 0 Å². The van der Waals surface area contributed by atoms with Crippen molar-refractivity contribution < 1.29 is 9.90 Å². The van der Waals surface area contributed by atoms with Crippen LogP contribution in [-0.4, -0.2) is 42.2 Å². The van der Waals surface area contributed by atoms with Gasteiger partial charge in [0.15, 0.2) is 0 Å². The third kappa shape index (κ3) is 2.95. The monoisotopic (exact) mass is 258 g/mol. The van der Waals surface area contributed by atoms with Crippen molar-refractivity contribution in [3.05, 3.63) is 34.9 Å². The maximum absolute atomic E-state index is 11.4. The van der Waals surface area contributed by atoms with Crippen molar-refractivity contribution in [3.63, 3.8) is 0 Å². The molecule has 1 heterocycles. The molecule has 1 atom stereocenters. The standard InChI is InChI=1S/C15H18N2O2/c1-3-8-17-9-7-16-13(10-17)14-11(2)5-4-6-12(14)15(18)19/h1,4-6,13,16H,7-10H2,2H3,(H,18,19). The second-order valence-corrected chi connectivity index (χ2v) is 4.79. The Morgan fingerprint density at radius 2 is 2.42 bits per heavy atom. The van der Waals surface area contributed by atoms with E-state index in [1.165, 1.54) is 0 Å². The molecular formula is C15H18N2O2. The van der Waals surface area contributed by atoms with Gasteiger partial charge in [-0.3, -0.25) is 4.90 Å². The van der Waals surface area contributed by atoms with E-state index in [0.29, 0.717) is 12.1 Å². The maximum atomic E-state index is 11.4. The minimum atomic E-state index is -0.880. The molecule has 1 saturated heterocycles. The van der Waals surface area contributed by atoms with Gasteiger partial charge in [0.25, 0.3) is 0 Å². The van der Waals surface area contributed by atoms with E-state index in [1.54, 1.807) is 12.1 Å². The van der Waals surface area contributed by atoms with E-state index in [9.17, 15) is 9.90 Å². The number of nitrogens with one attached hydrogen (secondary N) is 1. The summed E-state index contributed by atoms with van der Waals surface area (Å²) in [7, 11) is 0. The number of piperazine rings is 1. The molecule has 1 aromatic carbocycles. The highest BCUT2D eigenvalue weighted by molar-refractivity contribution is 5.90. The lowest BCUT2D eigenvalue weighted by Crippen LogP contribution is -2.46. The summed E-state index contributed by atoms with van der Waals surface area (Å²) < 4.78 is 0. The van der Waals surface area contributed by atoms with Crippen LogP contribution in [0.5, 0.6) is 0 Å². The van der Waals surface area contributed by atoms with Crippen LogP contribution < -0.4 is 5.32 Å². The summed E-state index contributed by atoms with van der Waals surface area (Å²) in [6.45, 7) is 5.01. The average molecular weight is 258 g/mol. The van der Waals surface area contributed by atoms with Crippen LogP contribution in [0.1, 0.15) is 27.5 Å². The predicted molar refractivity (Wildman–Crippen MR) is 74.2 cm³/mol. The van der Waals surface area contributed by atoms with Crippen molar-refractivity contribution in [1.82, 2.24) is 10.2 Å². The van der Waals surface area contributed by atoms with E-state index >= 15 is 0 Å². The Balaban J connectivity index is 2.31. The van der Waals surface area contributed by atoms with Crippen molar-refractivity contribution in [3.8, 4) is 12.3 Å². The van der Waals surface area contributed by atoms with Crippen LogP contribution in [0, 0.1) is 19.3 Å². The molecule has 0 saturated carbocycles. The first kappa shape index (κ1) is 13.6.